The third-order valence-electron chi connectivity index (χ3n) is 7.10. The maximum absolute atomic E-state index is 13.3. The second kappa shape index (κ2) is 9.27. The number of hydrogen-bond acceptors (Lipinski definition) is 4. The number of methoxy groups -OCH3 is 1. The van der Waals surface area contributed by atoms with Crippen LogP contribution in [0, 0.1) is 11.8 Å². The van der Waals surface area contributed by atoms with Crippen LogP contribution in [-0.2, 0) is 16.1 Å². The Hall–Kier alpha value is -2.24. The summed E-state index contributed by atoms with van der Waals surface area (Å²) >= 11 is 0. The number of amides is 2. The van der Waals surface area contributed by atoms with Crippen LogP contribution < -0.4 is 14.8 Å². The third-order valence-corrected chi connectivity index (χ3v) is 7.10. The lowest BCUT2D eigenvalue weighted by atomic mass is 9.77. The van der Waals surface area contributed by atoms with Gasteiger partial charge in [-0.3, -0.25) is 9.59 Å². The molecule has 4 unspecified atom stereocenters. The number of hydrogen-bond donors (Lipinski definition) is 1. The van der Waals surface area contributed by atoms with E-state index in [9.17, 15) is 9.59 Å². The molecule has 3 rings (SSSR count). The van der Waals surface area contributed by atoms with Gasteiger partial charge in [0.15, 0.2) is 11.5 Å². The van der Waals surface area contributed by atoms with Crippen LogP contribution in [-0.4, -0.2) is 42.0 Å². The maximum atomic E-state index is 13.3. The molecule has 2 amide bonds. The van der Waals surface area contributed by atoms with Gasteiger partial charge in [-0.1, -0.05) is 32.8 Å². The van der Waals surface area contributed by atoms with Crippen molar-refractivity contribution >= 4 is 11.8 Å². The van der Waals surface area contributed by atoms with Crippen LogP contribution in [0.5, 0.6) is 11.5 Å². The number of carbonyl (C=O) groups excluding carboxylic acids is 2. The van der Waals surface area contributed by atoms with Crippen LogP contribution in [0.25, 0.3) is 0 Å². The maximum Gasteiger partial charge on any atom is 0.245 e. The predicted octanol–water partition coefficient (Wildman–Crippen LogP) is 3.92. The number of likely N-dealkylation sites (tertiary alicyclic amines) is 1. The molecule has 4 atom stereocenters. The van der Waals surface area contributed by atoms with Crippen LogP contribution in [0.15, 0.2) is 18.2 Å². The Morgan fingerprint density at radius 3 is 2.73 bits per heavy atom. The fourth-order valence-electron chi connectivity index (χ4n) is 4.77. The summed E-state index contributed by atoms with van der Waals surface area (Å²) in [5, 5.41) is 3.29. The van der Waals surface area contributed by atoms with E-state index in [4.69, 9.17) is 9.47 Å². The van der Waals surface area contributed by atoms with Crippen molar-refractivity contribution in [2.45, 2.75) is 77.9 Å². The molecule has 2 aliphatic rings. The zero-order valence-electron chi connectivity index (χ0n) is 19.0. The molecular weight excluding hydrogens is 380 g/mol. The lowest BCUT2D eigenvalue weighted by Crippen LogP contribution is -2.57. The van der Waals surface area contributed by atoms with Crippen molar-refractivity contribution in [1.29, 1.82) is 0 Å². The lowest BCUT2D eigenvalue weighted by Gasteiger charge is -2.39. The molecule has 1 heterocycles. The highest BCUT2D eigenvalue weighted by Gasteiger charge is 2.48. The van der Waals surface area contributed by atoms with Crippen molar-refractivity contribution in [2.75, 3.05) is 13.7 Å². The molecule has 0 bridgehead atoms. The van der Waals surface area contributed by atoms with E-state index in [-0.39, 0.29) is 17.9 Å². The Labute approximate surface area is 180 Å². The molecule has 1 aliphatic heterocycles. The van der Waals surface area contributed by atoms with E-state index in [1.54, 1.807) is 12.0 Å². The molecule has 1 aromatic carbocycles. The van der Waals surface area contributed by atoms with Crippen molar-refractivity contribution in [2.24, 2.45) is 11.8 Å². The van der Waals surface area contributed by atoms with E-state index >= 15 is 0 Å². The molecule has 1 N–H and O–H groups in total. The minimum Gasteiger partial charge on any atom is -0.493 e. The zero-order chi connectivity index (χ0) is 21.9. The second-order valence-electron chi connectivity index (χ2n) is 9.02. The molecule has 6 nitrogen and oxygen atoms in total. The van der Waals surface area contributed by atoms with E-state index in [2.05, 4.69) is 19.2 Å². The average molecular weight is 417 g/mol. The van der Waals surface area contributed by atoms with Crippen molar-refractivity contribution in [3.05, 3.63) is 23.8 Å². The van der Waals surface area contributed by atoms with Gasteiger partial charge in [0.1, 0.15) is 5.54 Å². The van der Waals surface area contributed by atoms with Crippen LogP contribution in [0.4, 0.5) is 0 Å². The molecule has 0 spiro atoms. The van der Waals surface area contributed by atoms with E-state index in [1.165, 1.54) is 6.42 Å². The van der Waals surface area contributed by atoms with Gasteiger partial charge < -0.3 is 19.7 Å². The molecular formula is C24H36N2O4. The molecule has 6 heteroatoms. The zero-order valence-corrected chi connectivity index (χ0v) is 19.0. The number of carbonyl (C=O) groups is 2. The van der Waals surface area contributed by atoms with E-state index in [0.29, 0.717) is 49.3 Å². The Morgan fingerprint density at radius 2 is 2.03 bits per heavy atom. The minimum atomic E-state index is -0.830. The van der Waals surface area contributed by atoms with Crippen molar-refractivity contribution in [3.8, 4) is 11.5 Å². The van der Waals surface area contributed by atoms with Crippen LogP contribution >= 0.6 is 0 Å². The molecule has 0 aromatic heterocycles. The van der Waals surface area contributed by atoms with Crippen molar-refractivity contribution in [3.63, 3.8) is 0 Å². The SMILES string of the molecule is CCOc1ccc(CN2C(=O)CCC2(C)C(=O)NC2CCCC(C)C2C)cc1OC. The first kappa shape index (κ1) is 22.4. The van der Waals surface area contributed by atoms with Gasteiger partial charge in [0, 0.05) is 19.0 Å². The van der Waals surface area contributed by atoms with Gasteiger partial charge in [-0.25, -0.2) is 0 Å². The molecule has 1 saturated carbocycles. The Bertz CT molecular complexity index is 780. The molecule has 1 aromatic rings. The topological polar surface area (TPSA) is 67.9 Å². The number of nitrogens with one attached hydrogen (secondary N) is 1. The normalized spacial score (nSPS) is 29.0. The Kier molecular flexibility index (Phi) is 6.94. The first-order valence-electron chi connectivity index (χ1n) is 11.2. The lowest BCUT2D eigenvalue weighted by molar-refractivity contribution is -0.142. The highest BCUT2D eigenvalue weighted by molar-refractivity contribution is 5.94. The average Bonchev–Trinajstić information content (AvgIpc) is 3.02. The van der Waals surface area contributed by atoms with Crippen LogP contribution in [0.2, 0.25) is 0 Å². The van der Waals surface area contributed by atoms with Gasteiger partial charge >= 0.3 is 0 Å². The predicted molar refractivity (Wildman–Crippen MR) is 116 cm³/mol. The smallest absolute Gasteiger partial charge is 0.245 e. The molecule has 1 aliphatic carbocycles. The number of rotatable bonds is 7. The summed E-state index contributed by atoms with van der Waals surface area (Å²) < 4.78 is 11.0. The van der Waals surface area contributed by atoms with Gasteiger partial charge in [0.05, 0.1) is 13.7 Å². The van der Waals surface area contributed by atoms with E-state index in [1.807, 2.05) is 32.0 Å². The number of benzene rings is 1. The summed E-state index contributed by atoms with van der Waals surface area (Å²) in [4.78, 5) is 27.8. The first-order chi connectivity index (χ1) is 14.3. The standard InChI is InChI=1S/C24H36N2O4/c1-6-30-20-11-10-18(14-21(20)29-5)15-26-22(27)12-13-24(26,4)23(28)25-19-9-7-8-16(2)17(19)3/h10-11,14,16-17,19H,6-9,12-13,15H2,1-5H3,(H,25,28). The van der Waals surface area contributed by atoms with Gasteiger partial charge in [0.25, 0.3) is 0 Å². The highest BCUT2D eigenvalue weighted by Crippen LogP contribution is 2.36. The largest absolute Gasteiger partial charge is 0.493 e. The second-order valence-corrected chi connectivity index (χ2v) is 9.02. The van der Waals surface area contributed by atoms with Gasteiger partial charge in [-0.2, -0.15) is 0 Å². The molecule has 2 fully saturated rings. The third kappa shape index (κ3) is 4.42. The highest BCUT2D eigenvalue weighted by atomic mass is 16.5. The fourth-order valence-corrected chi connectivity index (χ4v) is 4.77. The van der Waals surface area contributed by atoms with Gasteiger partial charge in [-0.05, 0) is 56.2 Å². The monoisotopic (exact) mass is 416 g/mol. The molecule has 0 radical (unpaired) electrons. The summed E-state index contributed by atoms with van der Waals surface area (Å²) in [6.45, 7) is 9.24. The van der Waals surface area contributed by atoms with Gasteiger partial charge in [0.2, 0.25) is 11.8 Å². The quantitative estimate of drug-likeness (QED) is 0.732. The Morgan fingerprint density at radius 1 is 1.27 bits per heavy atom. The fraction of sp³-hybridized carbons (Fsp3) is 0.667. The van der Waals surface area contributed by atoms with Crippen molar-refractivity contribution in [1.82, 2.24) is 10.2 Å². The van der Waals surface area contributed by atoms with E-state index in [0.717, 1.165) is 18.4 Å². The van der Waals surface area contributed by atoms with Gasteiger partial charge in [-0.15, -0.1) is 0 Å². The summed E-state index contributed by atoms with van der Waals surface area (Å²) in [7, 11) is 1.60. The van der Waals surface area contributed by atoms with E-state index < -0.39 is 5.54 Å². The van der Waals surface area contributed by atoms with Crippen molar-refractivity contribution < 1.29 is 19.1 Å². The number of ether oxygens (including phenoxy) is 2. The molecule has 166 valence electrons. The molecule has 30 heavy (non-hydrogen) atoms. The summed E-state index contributed by atoms with van der Waals surface area (Å²) in [5.41, 5.74) is 0.0905. The van der Waals surface area contributed by atoms with Crippen LogP contribution in [0.1, 0.15) is 65.4 Å². The summed E-state index contributed by atoms with van der Waals surface area (Å²) in [6, 6.07) is 5.87. The minimum absolute atomic E-state index is 0.0190. The number of nitrogens with zero attached hydrogens (tertiary/aromatic N) is 1. The summed E-state index contributed by atoms with van der Waals surface area (Å²) in [5.74, 6) is 2.36. The summed E-state index contributed by atoms with van der Waals surface area (Å²) in [6.07, 6.45) is 4.31. The Balaban J connectivity index is 1.76. The van der Waals surface area contributed by atoms with Crippen LogP contribution in [0.3, 0.4) is 0 Å². The first-order valence-corrected chi connectivity index (χ1v) is 11.2. The molecule has 1 saturated heterocycles.